The maximum atomic E-state index is 13.6. The fourth-order valence-electron chi connectivity index (χ4n) is 1.55. The van der Waals surface area contributed by atoms with Gasteiger partial charge in [-0.2, -0.15) is 0 Å². The Balaban J connectivity index is 2.43. The van der Waals surface area contributed by atoms with E-state index in [-0.39, 0.29) is 5.56 Å². The van der Waals surface area contributed by atoms with Crippen LogP contribution in [0.2, 0.25) is 5.02 Å². The quantitative estimate of drug-likeness (QED) is 0.676. The van der Waals surface area contributed by atoms with Crippen LogP contribution in [0.1, 0.15) is 16.0 Å². The van der Waals surface area contributed by atoms with Crippen LogP contribution in [0, 0.1) is 11.6 Å². The molecule has 4 heteroatoms. The van der Waals surface area contributed by atoms with Gasteiger partial charge >= 0.3 is 0 Å². The summed E-state index contributed by atoms with van der Waals surface area (Å²) in [4.78, 5) is -0.420. The maximum absolute atomic E-state index is 13.6. The van der Waals surface area contributed by atoms with Gasteiger partial charge < -0.3 is 0 Å². The van der Waals surface area contributed by atoms with E-state index in [4.69, 9.17) is 11.6 Å². The van der Waals surface area contributed by atoms with Crippen LogP contribution in [0.15, 0.2) is 42.5 Å². The van der Waals surface area contributed by atoms with Gasteiger partial charge in [0.05, 0.1) is 4.83 Å². The van der Waals surface area contributed by atoms with E-state index in [0.29, 0.717) is 5.02 Å². The predicted molar refractivity (Wildman–Crippen MR) is 68.6 cm³/mol. The standard InChI is InChI=1S/C13H8BrClF2/c14-13(8-2-1-3-9(15)6-8)11-7-10(16)4-5-12(11)17/h1-7,13H. The Morgan fingerprint density at radius 2 is 1.82 bits per heavy atom. The van der Waals surface area contributed by atoms with Crippen molar-refractivity contribution in [2.45, 2.75) is 4.83 Å². The first-order chi connectivity index (χ1) is 8.08. The van der Waals surface area contributed by atoms with E-state index in [1.807, 2.05) is 0 Å². The Bertz CT molecular complexity index is 543. The first kappa shape index (κ1) is 12.5. The average Bonchev–Trinajstić information content (AvgIpc) is 2.31. The van der Waals surface area contributed by atoms with Crippen LogP contribution >= 0.6 is 27.5 Å². The van der Waals surface area contributed by atoms with Gasteiger partial charge in [-0.05, 0) is 35.9 Å². The van der Waals surface area contributed by atoms with Gasteiger partial charge in [-0.1, -0.05) is 39.7 Å². The molecule has 0 aliphatic rings. The van der Waals surface area contributed by atoms with E-state index in [9.17, 15) is 8.78 Å². The summed E-state index contributed by atoms with van der Waals surface area (Å²) < 4.78 is 26.7. The summed E-state index contributed by atoms with van der Waals surface area (Å²) in [6.45, 7) is 0. The van der Waals surface area contributed by atoms with Crippen LogP contribution in [-0.2, 0) is 0 Å². The molecule has 0 saturated carbocycles. The van der Waals surface area contributed by atoms with Gasteiger partial charge in [0.15, 0.2) is 0 Å². The Kier molecular flexibility index (Phi) is 3.79. The van der Waals surface area contributed by atoms with Crippen LogP contribution in [0.5, 0.6) is 0 Å². The summed E-state index contributed by atoms with van der Waals surface area (Å²) in [5, 5.41) is 0.559. The topological polar surface area (TPSA) is 0 Å². The summed E-state index contributed by atoms with van der Waals surface area (Å²) >= 11 is 9.21. The number of benzene rings is 2. The molecule has 88 valence electrons. The van der Waals surface area contributed by atoms with Crippen molar-refractivity contribution in [1.82, 2.24) is 0 Å². The minimum atomic E-state index is -0.465. The van der Waals surface area contributed by atoms with Crippen molar-refractivity contribution >= 4 is 27.5 Å². The van der Waals surface area contributed by atoms with Crippen molar-refractivity contribution in [3.63, 3.8) is 0 Å². The van der Waals surface area contributed by atoms with E-state index < -0.39 is 16.5 Å². The molecule has 1 atom stereocenters. The smallest absolute Gasteiger partial charge is 0.128 e. The molecule has 0 amide bonds. The summed E-state index contributed by atoms with van der Waals surface area (Å²) in [6.07, 6.45) is 0. The third-order valence-corrected chi connectivity index (χ3v) is 3.63. The first-order valence-electron chi connectivity index (χ1n) is 4.92. The van der Waals surface area contributed by atoms with Gasteiger partial charge in [-0.15, -0.1) is 0 Å². The zero-order valence-corrected chi connectivity index (χ0v) is 11.0. The highest BCUT2D eigenvalue weighted by atomic mass is 79.9. The fourth-order valence-corrected chi connectivity index (χ4v) is 2.39. The number of halogens is 4. The van der Waals surface area contributed by atoms with Crippen molar-refractivity contribution in [3.05, 3.63) is 70.2 Å². The molecule has 0 radical (unpaired) electrons. The predicted octanol–water partition coefficient (Wildman–Crippen LogP) is 5.10. The highest BCUT2D eigenvalue weighted by Gasteiger charge is 2.15. The van der Waals surface area contributed by atoms with Crippen molar-refractivity contribution in [3.8, 4) is 0 Å². The molecule has 0 saturated heterocycles. The molecule has 17 heavy (non-hydrogen) atoms. The zero-order chi connectivity index (χ0) is 12.4. The van der Waals surface area contributed by atoms with Crippen molar-refractivity contribution in [1.29, 1.82) is 0 Å². The molecule has 2 aromatic rings. The van der Waals surface area contributed by atoms with E-state index in [1.54, 1.807) is 24.3 Å². The molecule has 0 nitrogen and oxygen atoms in total. The molecule has 0 aliphatic heterocycles. The molecule has 1 unspecified atom stereocenters. The van der Waals surface area contributed by atoms with Gasteiger partial charge in [0, 0.05) is 10.6 Å². The van der Waals surface area contributed by atoms with Crippen molar-refractivity contribution in [2.24, 2.45) is 0 Å². The summed E-state index contributed by atoms with van der Waals surface area (Å²) in [7, 11) is 0. The lowest BCUT2D eigenvalue weighted by atomic mass is 10.0. The Hall–Kier alpha value is -0.930. The van der Waals surface area contributed by atoms with Crippen LogP contribution in [0.25, 0.3) is 0 Å². The normalized spacial score (nSPS) is 12.5. The van der Waals surface area contributed by atoms with Gasteiger partial charge in [0.25, 0.3) is 0 Å². The highest BCUT2D eigenvalue weighted by Crippen LogP contribution is 2.33. The van der Waals surface area contributed by atoms with Gasteiger partial charge in [0.2, 0.25) is 0 Å². The molecule has 0 heterocycles. The molecule has 0 spiro atoms. The minimum absolute atomic E-state index is 0.257. The highest BCUT2D eigenvalue weighted by molar-refractivity contribution is 9.09. The van der Waals surface area contributed by atoms with Crippen LogP contribution < -0.4 is 0 Å². The van der Waals surface area contributed by atoms with Crippen LogP contribution in [0.3, 0.4) is 0 Å². The number of hydrogen-bond donors (Lipinski definition) is 0. The molecular formula is C13H8BrClF2. The third kappa shape index (κ3) is 2.85. The molecule has 0 aromatic heterocycles. The largest absolute Gasteiger partial charge is 0.207 e. The molecule has 0 aliphatic carbocycles. The van der Waals surface area contributed by atoms with E-state index >= 15 is 0 Å². The van der Waals surface area contributed by atoms with E-state index in [1.165, 1.54) is 6.07 Å². The monoisotopic (exact) mass is 316 g/mol. The Labute approximate surface area is 111 Å². The van der Waals surface area contributed by atoms with Crippen LogP contribution in [-0.4, -0.2) is 0 Å². The number of hydrogen-bond acceptors (Lipinski definition) is 0. The van der Waals surface area contributed by atoms with Gasteiger partial charge in [0.1, 0.15) is 11.6 Å². The molecule has 2 aromatic carbocycles. The molecule has 0 fully saturated rings. The SMILES string of the molecule is Fc1ccc(F)c(C(Br)c2cccc(Cl)c2)c1. The third-order valence-electron chi connectivity index (χ3n) is 2.37. The second-order valence-corrected chi connectivity index (χ2v) is 4.94. The molecular weight excluding hydrogens is 309 g/mol. The second kappa shape index (κ2) is 5.15. The van der Waals surface area contributed by atoms with Crippen molar-refractivity contribution < 1.29 is 8.78 Å². The summed E-state index contributed by atoms with van der Waals surface area (Å²) in [5.74, 6) is -0.916. The molecule has 2 rings (SSSR count). The molecule has 0 N–H and O–H groups in total. The lowest BCUT2D eigenvalue weighted by Gasteiger charge is -2.12. The fraction of sp³-hybridized carbons (Fsp3) is 0.0769. The summed E-state index contributed by atoms with van der Waals surface area (Å²) in [5.41, 5.74) is 1.04. The second-order valence-electron chi connectivity index (χ2n) is 3.58. The van der Waals surface area contributed by atoms with Crippen LogP contribution in [0.4, 0.5) is 8.78 Å². The maximum Gasteiger partial charge on any atom is 0.128 e. The van der Waals surface area contributed by atoms with Crippen molar-refractivity contribution in [2.75, 3.05) is 0 Å². The lowest BCUT2D eigenvalue weighted by molar-refractivity contribution is 0.588. The van der Waals surface area contributed by atoms with Gasteiger partial charge in [-0.25, -0.2) is 8.78 Å². The number of alkyl halides is 1. The lowest BCUT2D eigenvalue weighted by Crippen LogP contribution is -1.97. The Morgan fingerprint density at radius 3 is 2.53 bits per heavy atom. The average molecular weight is 318 g/mol. The van der Waals surface area contributed by atoms with Gasteiger partial charge in [-0.3, -0.25) is 0 Å². The van der Waals surface area contributed by atoms with E-state index in [0.717, 1.165) is 17.7 Å². The van der Waals surface area contributed by atoms with E-state index in [2.05, 4.69) is 15.9 Å². The number of rotatable bonds is 2. The molecule has 0 bridgehead atoms. The summed E-state index contributed by atoms with van der Waals surface area (Å²) in [6, 6.07) is 10.4. The first-order valence-corrected chi connectivity index (χ1v) is 6.22. The minimum Gasteiger partial charge on any atom is -0.207 e. The zero-order valence-electron chi connectivity index (χ0n) is 8.63. The Morgan fingerprint density at radius 1 is 1.06 bits per heavy atom.